The molecule has 22 heavy (non-hydrogen) atoms. The van der Waals surface area contributed by atoms with Crippen LogP contribution in [0.3, 0.4) is 0 Å². The maximum absolute atomic E-state index is 12.1. The van der Waals surface area contributed by atoms with Gasteiger partial charge in [-0.2, -0.15) is 0 Å². The molecule has 0 unspecified atom stereocenters. The van der Waals surface area contributed by atoms with Crippen molar-refractivity contribution >= 4 is 17.5 Å². The SMILES string of the molecule is Cc1ccc(C(=O)CSc2nnc(-c3ccccc3)[nH]2)cc1. The quantitative estimate of drug-likeness (QED) is 0.576. The third-order valence-electron chi connectivity index (χ3n) is 3.23. The highest BCUT2D eigenvalue weighted by Gasteiger charge is 2.10. The Hall–Kier alpha value is -2.40. The summed E-state index contributed by atoms with van der Waals surface area (Å²) in [5.41, 5.74) is 2.85. The third-order valence-corrected chi connectivity index (χ3v) is 4.09. The van der Waals surface area contributed by atoms with Crippen molar-refractivity contribution in [2.75, 3.05) is 5.75 Å². The van der Waals surface area contributed by atoms with Gasteiger partial charge < -0.3 is 4.98 Å². The number of ketones is 1. The van der Waals surface area contributed by atoms with Gasteiger partial charge in [0.05, 0.1) is 5.75 Å². The second-order valence-electron chi connectivity index (χ2n) is 4.92. The summed E-state index contributed by atoms with van der Waals surface area (Å²) in [5.74, 6) is 1.14. The minimum absolute atomic E-state index is 0.0858. The number of aromatic nitrogens is 3. The molecule has 0 spiro atoms. The van der Waals surface area contributed by atoms with E-state index >= 15 is 0 Å². The van der Waals surface area contributed by atoms with Crippen LogP contribution in [0.25, 0.3) is 11.4 Å². The number of nitrogens with one attached hydrogen (secondary N) is 1. The molecule has 5 heteroatoms. The molecule has 0 amide bonds. The first-order chi connectivity index (χ1) is 10.7. The molecule has 3 aromatic rings. The Morgan fingerprint density at radius 1 is 1.05 bits per heavy atom. The number of carbonyl (C=O) groups is 1. The summed E-state index contributed by atoms with van der Waals surface area (Å²) < 4.78 is 0. The van der Waals surface area contributed by atoms with Gasteiger partial charge in [0.25, 0.3) is 0 Å². The van der Waals surface area contributed by atoms with Crippen LogP contribution in [0.4, 0.5) is 0 Å². The van der Waals surface area contributed by atoms with Crippen LogP contribution in [0.5, 0.6) is 0 Å². The van der Waals surface area contributed by atoms with Crippen molar-refractivity contribution in [3.05, 3.63) is 65.7 Å². The summed E-state index contributed by atoms with van der Waals surface area (Å²) in [5, 5.41) is 8.84. The van der Waals surface area contributed by atoms with E-state index in [1.165, 1.54) is 11.8 Å². The van der Waals surface area contributed by atoms with Gasteiger partial charge in [0.1, 0.15) is 0 Å². The third kappa shape index (κ3) is 3.43. The summed E-state index contributed by atoms with van der Waals surface area (Å²) in [6, 6.07) is 17.4. The van der Waals surface area contributed by atoms with Gasteiger partial charge in [0.2, 0.25) is 0 Å². The van der Waals surface area contributed by atoms with Crippen molar-refractivity contribution in [2.24, 2.45) is 0 Å². The topological polar surface area (TPSA) is 58.6 Å². The molecule has 4 nitrogen and oxygen atoms in total. The Morgan fingerprint density at radius 3 is 2.50 bits per heavy atom. The van der Waals surface area contributed by atoms with Crippen LogP contribution >= 0.6 is 11.8 Å². The number of carbonyl (C=O) groups excluding carboxylic acids is 1. The van der Waals surface area contributed by atoms with Crippen molar-refractivity contribution in [2.45, 2.75) is 12.1 Å². The molecule has 0 atom stereocenters. The molecule has 2 aromatic carbocycles. The van der Waals surface area contributed by atoms with Gasteiger partial charge >= 0.3 is 0 Å². The van der Waals surface area contributed by atoms with Crippen LogP contribution in [0, 0.1) is 6.92 Å². The lowest BCUT2D eigenvalue weighted by atomic mass is 10.1. The van der Waals surface area contributed by atoms with E-state index in [-0.39, 0.29) is 5.78 Å². The normalized spacial score (nSPS) is 10.6. The van der Waals surface area contributed by atoms with Crippen LogP contribution < -0.4 is 0 Å². The van der Waals surface area contributed by atoms with E-state index < -0.39 is 0 Å². The molecular formula is C17H15N3OS. The largest absolute Gasteiger partial charge is 0.316 e. The zero-order valence-electron chi connectivity index (χ0n) is 12.1. The maximum atomic E-state index is 12.1. The van der Waals surface area contributed by atoms with Gasteiger partial charge in [-0.25, -0.2) is 0 Å². The highest BCUT2D eigenvalue weighted by molar-refractivity contribution is 7.99. The lowest BCUT2D eigenvalue weighted by molar-refractivity contribution is 0.102. The summed E-state index contributed by atoms with van der Waals surface area (Å²) in [6.07, 6.45) is 0. The van der Waals surface area contributed by atoms with Crippen LogP contribution in [-0.4, -0.2) is 26.7 Å². The minimum Gasteiger partial charge on any atom is -0.316 e. The molecule has 0 fully saturated rings. The molecule has 0 saturated carbocycles. The van der Waals surface area contributed by atoms with Crippen molar-refractivity contribution in [3.63, 3.8) is 0 Å². The molecule has 1 heterocycles. The number of aryl methyl sites for hydroxylation is 1. The number of H-pyrrole nitrogens is 1. The molecule has 0 bridgehead atoms. The summed E-state index contributed by atoms with van der Waals surface area (Å²) in [7, 11) is 0. The number of hydrogen-bond donors (Lipinski definition) is 1. The molecule has 0 aliphatic carbocycles. The summed E-state index contributed by atoms with van der Waals surface area (Å²) in [6.45, 7) is 2.00. The van der Waals surface area contributed by atoms with E-state index in [0.29, 0.717) is 16.7 Å². The van der Waals surface area contributed by atoms with E-state index in [1.54, 1.807) is 0 Å². The Labute approximate surface area is 133 Å². The van der Waals surface area contributed by atoms with Crippen molar-refractivity contribution < 1.29 is 4.79 Å². The van der Waals surface area contributed by atoms with E-state index in [4.69, 9.17) is 0 Å². The zero-order chi connectivity index (χ0) is 15.4. The Balaban J connectivity index is 1.64. The molecule has 0 radical (unpaired) electrons. The predicted octanol–water partition coefficient (Wildman–Crippen LogP) is 3.76. The molecule has 0 saturated heterocycles. The molecule has 3 rings (SSSR count). The van der Waals surface area contributed by atoms with Crippen molar-refractivity contribution in [1.82, 2.24) is 15.2 Å². The number of aromatic amines is 1. The van der Waals surface area contributed by atoms with E-state index in [1.807, 2.05) is 61.5 Å². The number of rotatable bonds is 5. The number of Topliss-reactive ketones (excluding diaryl/α,β-unsaturated/α-hetero) is 1. The first-order valence-electron chi connectivity index (χ1n) is 6.93. The fourth-order valence-corrected chi connectivity index (χ4v) is 2.70. The fourth-order valence-electron chi connectivity index (χ4n) is 1.99. The zero-order valence-corrected chi connectivity index (χ0v) is 12.9. The average molecular weight is 309 g/mol. The highest BCUT2D eigenvalue weighted by Crippen LogP contribution is 2.19. The Bertz CT molecular complexity index is 766. The number of thioether (sulfide) groups is 1. The first-order valence-corrected chi connectivity index (χ1v) is 7.92. The monoisotopic (exact) mass is 309 g/mol. The molecule has 110 valence electrons. The van der Waals surface area contributed by atoms with Gasteiger partial charge in [0.15, 0.2) is 16.8 Å². The predicted molar refractivity (Wildman–Crippen MR) is 88.1 cm³/mol. The molecule has 0 aliphatic rings. The standard InChI is InChI=1S/C17H15N3OS/c1-12-7-9-13(10-8-12)15(21)11-22-17-18-16(19-20-17)14-5-3-2-4-6-14/h2-10H,11H2,1H3,(H,18,19,20). The second kappa shape index (κ2) is 6.58. The van der Waals surface area contributed by atoms with Crippen LogP contribution in [0.2, 0.25) is 0 Å². The first kappa shape index (κ1) is 14.5. The van der Waals surface area contributed by atoms with Crippen molar-refractivity contribution in [1.29, 1.82) is 0 Å². The lowest BCUT2D eigenvalue weighted by Gasteiger charge is -2.00. The molecule has 0 aliphatic heterocycles. The van der Waals surface area contributed by atoms with E-state index in [2.05, 4.69) is 15.2 Å². The maximum Gasteiger partial charge on any atom is 0.189 e. The van der Waals surface area contributed by atoms with Crippen molar-refractivity contribution in [3.8, 4) is 11.4 Å². The number of benzene rings is 2. The van der Waals surface area contributed by atoms with Gasteiger partial charge in [-0.15, -0.1) is 10.2 Å². The van der Waals surface area contributed by atoms with Gasteiger partial charge in [-0.1, -0.05) is 71.9 Å². The second-order valence-corrected chi connectivity index (χ2v) is 5.89. The van der Waals surface area contributed by atoms with Crippen LogP contribution in [-0.2, 0) is 0 Å². The molecular weight excluding hydrogens is 294 g/mol. The highest BCUT2D eigenvalue weighted by atomic mass is 32.2. The summed E-state index contributed by atoms with van der Waals surface area (Å²) >= 11 is 1.36. The van der Waals surface area contributed by atoms with Crippen LogP contribution in [0.1, 0.15) is 15.9 Å². The van der Waals surface area contributed by atoms with E-state index in [9.17, 15) is 4.79 Å². The molecule has 1 aromatic heterocycles. The Morgan fingerprint density at radius 2 is 1.77 bits per heavy atom. The minimum atomic E-state index is 0.0858. The lowest BCUT2D eigenvalue weighted by Crippen LogP contribution is -2.02. The average Bonchev–Trinajstić information content (AvgIpc) is 3.03. The summed E-state index contributed by atoms with van der Waals surface area (Å²) in [4.78, 5) is 15.3. The van der Waals surface area contributed by atoms with E-state index in [0.717, 1.165) is 16.7 Å². The van der Waals surface area contributed by atoms with Gasteiger partial charge in [0, 0.05) is 11.1 Å². The van der Waals surface area contributed by atoms with Crippen LogP contribution in [0.15, 0.2) is 59.8 Å². The smallest absolute Gasteiger partial charge is 0.189 e. The number of nitrogens with zero attached hydrogens (tertiary/aromatic N) is 2. The Kier molecular flexibility index (Phi) is 4.34. The molecule has 1 N–H and O–H groups in total. The number of hydrogen-bond acceptors (Lipinski definition) is 4. The van der Waals surface area contributed by atoms with Gasteiger partial charge in [-0.3, -0.25) is 4.79 Å². The fraction of sp³-hybridized carbons (Fsp3) is 0.118. The van der Waals surface area contributed by atoms with Gasteiger partial charge in [-0.05, 0) is 6.92 Å².